The van der Waals surface area contributed by atoms with E-state index >= 15 is 0 Å². The zero-order valence-corrected chi connectivity index (χ0v) is 16.4. The van der Waals surface area contributed by atoms with Gasteiger partial charge >= 0.3 is 0 Å². The summed E-state index contributed by atoms with van der Waals surface area (Å²) >= 11 is 25.3. The number of anilines is 1. The van der Waals surface area contributed by atoms with Crippen LogP contribution in [0.5, 0.6) is 0 Å². The molecule has 2 aromatic rings. The van der Waals surface area contributed by atoms with Crippen molar-refractivity contribution in [2.75, 3.05) is 5.32 Å². The van der Waals surface area contributed by atoms with Crippen LogP contribution >= 0.6 is 46.4 Å². The molecule has 1 nitrogen and oxygen atoms in total. The molecular weight excluding hydrogens is 396 g/mol. The van der Waals surface area contributed by atoms with E-state index in [1.54, 1.807) is 0 Å². The number of hydrogen-bond donors (Lipinski definition) is 1. The Morgan fingerprint density at radius 2 is 1.64 bits per heavy atom. The van der Waals surface area contributed by atoms with Crippen molar-refractivity contribution in [3.63, 3.8) is 0 Å². The first-order valence-electron chi connectivity index (χ1n) is 8.73. The Kier molecular flexibility index (Phi) is 3.95. The van der Waals surface area contributed by atoms with Crippen LogP contribution in [0.3, 0.4) is 0 Å². The summed E-state index contributed by atoms with van der Waals surface area (Å²) in [4.78, 5) is 0. The molecule has 5 atom stereocenters. The molecular formula is C20H17Cl4N. The summed E-state index contributed by atoms with van der Waals surface area (Å²) in [5, 5.41) is 6.40. The number of benzene rings is 2. The first-order chi connectivity index (χ1) is 12.0. The van der Waals surface area contributed by atoms with Gasteiger partial charge in [0, 0.05) is 15.7 Å². The Balaban J connectivity index is 1.67. The fourth-order valence-electron chi connectivity index (χ4n) is 5.56. The van der Waals surface area contributed by atoms with E-state index < -0.39 is 0 Å². The van der Waals surface area contributed by atoms with E-state index in [1.165, 1.54) is 30.4 Å². The van der Waals surface area contributed by atoms with Crippen LogP contribution < -0.4 is 5.32 Å². The second-order valence-electron chi connectivity index (χ2n) is 7.58. The molecule has 2 aliphatic carbocycles. The van der Waals surface area contributed by atoms with Crippen LogP contribution in [0.4, 0.5) is 5.69 Å². The van der Waals surface area contributed by atoms with Crippen LogP contribution in [0.25, 0.3) is 0 Å². The van der Waals surface area contributed by atoms with Gasteiger partial charge in [-0.25, -0.2) is 0 Å². The summed E-state index contributed by atoms with van der Waals surface area (Å²) in [7, 11) is 0. The van der Waals surface area contributed by atoms with Crippen molar-refractivity contribution in [2.45, 2.75) is 31.2 Å². The van der Waals surface area contributed by atoms with Crippen LogP contribution in [0.1, 0.15) is 42.3 Å². The summed E-state index contributed by atoms with van der Waals surface area (Å²) in [6.45, 7) is 0. The molecule has 25 heavy (non-hydrogen) atoms. The maximum atomic E-state index is 6.63. The Labute approximate surface area is 167 Å². The highest BCUT2D eigenvalue weighted by atomic mass is 35.5. The van der Waals surface area contributed by atoms with E-state index in [1.807, 2.05) is 24.3 Å². The lowest BCUT2D eigenvalue weighted by Gasteiger charge is -2.44. The highest BCUT2D eigenvalue weighted by Crippen LogP contribution is 2.64. The van der Waals surface area contributed by atoms with E-state index in [-0.39, 0.29) is 6.04 Å². The van der Waals surface area contributed by atoms with Gasteiger partial charge in [0.15, 0.2) is 0 Å². The van der Waals surface area contributed by atoms with Crippen LogP contribution in [0.15, 0.2) is 30.3 Å². The topological polar surface area (TPSA) is 12.0 Å². The summed E-state index contributed by atoms with van der Waals surface area (Å²) < 4.78 is 0. The third-order valence-electron chi connectivity index (χ3n) is 6.41. The molecule has 0 saturated heterocycles. The molecule has 0 aromatic heterocycles. The predicted octanol–water partition coefficient (Wildman–Crippen LogP) is 7.60. The van der Waals surface area contributed by atoms with Crippen LogP contribution in [0.2, 0.25) is 20.1 Å². The van der Waals surface area contributed by atoms with Gasteiger partial charge in [0.05, 0.1) is 16.1 Å². The van der Waals surface area contributed by atoms with Gasteiger partial charge in [-0.1, -0.05) is 52.5 Å². The van der Waals surface area contributed by atoms with Crippen molar-refractivity contribution >= 4 is 52.1 Å². The minimum Gasteiger partial charge on any atom is -0.378 e. The smallest absolute Gasteiger partial charge is 0.0595 e. The average molecular weight is 413 g/mol. The second-order valence-corrected chi connectivity index (χ2v) is 9.24. The van der Waals surface area contributed by atoms with Gasteiger partial charge in [0.25, 0.3) is 0 Å². The molecule has 0 amide bonds. The van der Waals surface area contributed by atoms with E-state index in [0.717, 1.165) is 22.5 Å². The van der Waals surface area contributed by atoms with Gasteiger partial charge in [0.2, 0.25) is 0 Å². The quantitative estimate of drug-likeness (QED) is 0.508. The largest absolute Gasteiger partial charge is 0.378 e. The first-order valence-corrected chi connectivity index (χ1v) is 10.2. The van der Waals surface area contributed by atoms with Crippen molar-refractivity contribution in [1.82, 2.24) is 0 Å². The maximum absolute atomic E-state index is 6.63. The molecule has 1 aliphatic heterocycles. The Morgan fingerprint density at radius 1 is 0.840 bits per heavy atom. The van der Waals surface area contributed by atoms with E-state index in [2.05, 4.69) is 11.4 Å². The molecule has 130 valence electrons. The normalized spacial score (nSPS) is 32.2. The monoisotopic (exact) mass is 411 g/mol. The average Bonchev–Trinajstić information content (AvgIpc) is 3.18. The van der Waals surface area contributed by atoms with Gasteiger partial charge < -0.3 is 5.32 Å². The number of rotatable bonds is 1. The summed E-state index contributed by atoms with van der Waals surface area (Å²) in [5.41, 5.74) is 3.53. The fraction of sp³-hybridized carbons (Fsp3) is 0.400. The molecule has 3 aliphatic rings. The molecule has 1 N–H and O–H groups in total. The molecule has 1 heterocycles. The lowest BCUT2D eigenvalue weighted by Crippen LogP contribution is -2.35. The molecule has 5 rings (SSSR count). The van der Waals surface area contributed by atoms with Crippen molar-refractivity contribution < 1.29 is 0 Å². The summed E-state index contributed by atoms with van der Waals surface area (Å²) in [6.07, 6.45) is 3.91. The number of nitrogens with one attached hydrogen (secondary N) is 1. The molecule has 5 heteroatoms. The highest BCUT2D eigenvalue weighted by molar-refractivity contribution is 6.42. The van der Waals surface area contributed by atoms with Crippen LogP contribution in [0, 0.1) is 17.8 Å². The molecule has 0 spiro atoms. The standard InChI is InChI=1S/C20H17Cl4N/c21-12-7-15(24)19-16(8-12)25-20(11-3-4-13(22)14(23)6-11)18-10-2-1-9(5-10)17(18)19/h3-4,6-10,17-18,20,25H,1-2,5H2/t9-,10+,17+,18-,20-/m1/s1. The van der Waals surface area contributed by atoms with Crippen molar-refractivity contribution in [3.05, 3.63) is 61.5 Å². The Bertz CT molecular complexity index is 865. The molecule has 2 fully saturated rings. The molecule has 0 radical (unpaired) electrons. The van der Waals surface area contributed by atoms with Crippen molar-refractivity contribution in [2.24, 2.45) is 17.8 Å². The number of halogens is 4. The first kappa shape index (κ1) is 16.6. The molecule has 2 saturated carbocycles. The predicted molar refractivity (Wildman–Crippen MR) is 106 cm³/mol. The van der Waals surface area contributed by atoms with Crippen molar-refractivity contribution in [3.8, 4) is 0 Å². The third-order valence-corrected chi connectivity index (χ3v) is 7.68. The highest BCUT2D eigenvalue weighted by Gasteiger charge is 2.54. The summed E-state index contributed by atoms with van der Waals surface area (Å²) in [5.74, 6) is 2.50. The minimum absolute atomic E-state index is 0.220. The summed E-state index contributed by atoms with van der Waals surface area (Å²) in [6, 6.07) is 10.1. The molecule has 2 bridgehead atoms. The van der Waals surface area contributed by atoms with E-state index in [0.29, 0.717) is 26.9 Å². The number of hydrogen-bond acceptors (Lipinski definition) is 1. The third kappa shape index (κ3) is 2.51. The van der Waals surface area contributed by atoms with Gasteiger partial charge in [-0.05, 0) is 78.3 Å². The SMILES string of the molecule is Clc1cc(Cl)c2c(c1)N[C@H](c1ccc(Cl)c(Cl)c1)[C@@H]1[C@H]3CC[C@H](C3)[C@H]21. The zero-order chi connectivity index (χ0) is 17.3. The maximum Gasteiger partial charge on any atom is 0.0595 e. The van der Waals surface area contributed by atoms with E-state index in [9.17, 15) is 0 Å². The molecule has 0 unspecified atom stereocenters. The lowest BCUT2D eigenvalue weighted by molar-refractivity contribution is 0.248. The number of fused-ring (bicyclic) bond motifs is 7. The van der Waals surface area contributed by atoms with Gasteiger partial charge in [0.1, 0.15) is 0 Å². The van der Waals surface area contributed by atoms with Gasteiger partial charge in [-0.2, -0.15) is 0 Å². The van der Waals surface area contributed by atoms with Crippen molar-refractivity contribution in [1.29, 1.82) is 0 Å². The van der Waals surface area contributed by atoms with Gasteiger partial charge in [-0.15, -0.1) is 0 Å². The fourth-order valence-corrected chi connectivity index (χ4v) is 6.49. The van der Waals surface area contributed by atoms with Crippen LogP contribution in [-0.2, 0) is 0 Å². The van der Waals surface area contributed by atoms with E-state index in [4.69, 9.17) is 46.4 Å². The minimum atomic E-state index is 0.220. The molecule has 2 aromatic carbocycles. The van der Waals surface area contributed by atoms with Gasteiger partial charge in [-0.3, -0.25) is 0 Å². The Morgan fingerprint density at radius 3 is 2.44 bits per heavy atom. The van der Waals surface area contributed by atoms with Crippen LogP contribution in [-0.4, -0.2) is 0 Å². The lowest BCUT2D eigenvalue weighted by atomic mass is 9.68. The zero-order valence-electron chi connectivity index (χ0n) is 13.4. The Hall–Kier alpha value is -0.600. The second kappa shape index (κ2) is 5.96.